The van der Waals surface area contributed by atoms with Crippen LogP contribution < -0.4 is 0 Å². The van der Waals surface area contributed by atoms with Crippen LogP contribution in [0.1, 0.15) is 27.7 Å². The van der Waals surface area contributed by atoms with Gasteiger partial charge >= 0.3 is 12.1 Å². The van der Waals surface area contributed by atoms with E-state index in [1.165, 1.54) is 6.08 Å². The van der Waals surface area contributed by atoms with E-state index < -0.39 is 12.1 Å². The number of hydroxylamine groups is 2. The highest BCUT2D eigenvalue weighted by Gasteiger charge is 2.14. The van der Waals surface area contributed by atoms with Gasteiger partial charge in [-0.15, -0.1) is 5.06 Å². The first-order valence-corrected chi connectivity index (χ1v) is 4.68. The number of carbonyl (C=O) groups excluding carboxylic acids is 1. The van der Waals surface area contributed by atoms with Crippen molar-refractivity contribution in [1.82, 2.24) is 5.06 Å². The van der Waals surface area contributed by atoms with Crippen LogP contribution in [0.5, 0.6) is 0 Å². The summed E-state index contributed by atoms with van der Waals surface area (Å²) in [6, 6.07) is 0. The van der Waals surface area contributed by atoms with Gasteiger partial charge in [-0.25, -0.2) is 9.59 Å². The van der Waals surface area contributed by atoms with E-state index in [2.05, 4.69) is 4.84 Å². The first-order valence-electron chi connectivity index (χ1n) is 4.68. The molecule has 0 heterocycles. The molecule has 86 valence electrons. The molecule has 0 spiro atoms. The van der Waals surface area contributed by atoms with Crippen molar-refractivity contribution in [3.63, 3.8) is 0 Å². The number of carboxylic acid groups (broad SMARTS) is 1. The zero-order valence-corrected chi connectivity index (χ0v) is 9.48. The number of rotatable bonds is 2. The molecule has 0 saturated carbocycles. The molecule has 0 atom stereocenters. The molecule has 15 heavy (non-hydrogen) atoms. The van der Waals surface area contributed by atoms with Crippen molar-refractivity contribution in [2.45, 2.75) is 27.7 Å². The molecule has 0 fully saturated rings. The second kappa shape index (κ2) is 5.38. The van der Waals surface area contributed by atoms with E-state index in [1.807, 2.05) is 20.8 Å². The molecular weight excluding hydrogens is 198 g/mol. The molecule has 0 saturated heterocycles. The molecular formula is C10H17NO4. The Morgan fingerprint density at radius 2 is 1.93 bits per heavy atom. The monoisotopic (exact) mass is 215 g/mol. The fraction of sp³-hybridized carbons (Fsp3) is 0.600. The Hall–Kier alpha value is -1.52. The number of carbonyl (C=O) groups is 2. The SMILES string of the molecule is CCN(OC(=O)C=CC(C)(C)C)C(=O)O. The lowest BCUT2D eigenvalue weighted by atomic mass is 9.96. The molecule has 0 aliphatic carbocycles. The topological polar surface area (TPSA) is 66.8 Å². The maximum atomic E-state index is 11.1. The quantitative estimate of drug-likeness (QED) is 0.565. The Balaban J connectivity index is 4.25. The van der Waals surface area contributed by atoms with Gasteiger partial charge in [0.2, 0.25) is 0 Å². The van der Waals surface area contributed by atoms with Crippen LogP contribution in [0.4, 0.5) is 4.79 Å². The molecule has 0 aliphatic heterocycles. The molecule has 0 aromatic carbocycles. The maximum absolute atomic E-state index is 11.1. The predicted molar refractivity (Wildman–Crippen MR) is 55.1 cm³/mol. The maximum Gasteiger partial charge on any atom is 0.440 e. The van der Waals surface area contributed by atoms with Gasteiger partial charge in [-0.1, -0.05) is 26.8 Å². The van der Waals surface area contributed by atoms with Crippen molar-refractivity contribution in [3.05, 3.63) is 12.2 Å². The van der Waals surface area contributed by atoms with Gasteiger partial charge in [-0.05, 0) is 12.3 Å². The van der Waals surface area contributed by atoms with Crippen LogP contribution in [0.25, 0.3) is 0 Å². The number of allylic oxidation sites excluding steroid dienone is 1. The highest BCUT2D eigenvalue weighted by atomic mass is 16.7. The zero-order chi connectivity index (χ0) is 12.1. The lowest BCUT2D eigenvalue weighted by Crippen LogP contribution is -2.31. The van der Waals surface area contributed by atoms with Gasteiger partial charge in [0.05, 0.1) is 6.54 Å². The Morgan fingerprint density at radius 3 is 2.27 bits per heavy atom. The smallest absolute Gasteiger partial charge is 0.440 e. The van der Waals surface area contributed by atoms with E-state index in [0.29, 0.717) is 5.06 Å². The third kappa shape index (κ3) is 6.54. The standard InChI is InChI=1S/C10H17NO4/c1-5-11(9(13)14)15-8(12)6-7-10(2,3)4/h6-7H,5H2,1-4H3,(H,13,14). The molecule has 1 N–H and O–H groups in total. The summed E-state index contributed by atoms with van der Waals surface area (Å²) in [7, 11) is 0. The normalized spacial score (nSPS) is 11.5. The summed E-state index contributed by atoms with van der Waals surface area (Å²) in [6.45, 7) is 7.45. The number of hydrogen-bond donors (Lipinski definition) is 1. The van der Waals surface area contributed by atoms with Crippen LogP contribution in [0, 0.1) is 5.41 Å². The van der Waals surface area contributed by atoms with Gasteiger partial charge in [-0.2, -0.15) is 0 Å². The fourth-order valence-corrected chi connectivity index (χ4v) is 0.696. The second-order valence-electron chi connectivity index (χ2n) is 4.09. The van der Waals surface area contributed by atoms with Crippen molar-refractivity contribution in [3.8, 4) is 0 Å². The van der Waals surface area contributed by atoms with Crippen molar-refractivity contribution in [2.75, 3.05) is 6.54 Å². The average Bonchev–Trinajstić information content (AvgIpc) is 2.09. The summed E-state index contributed by atoms with van der Waals surface area (Å²) in [6.07, 6.45) is 1.60. The largest absolute Gasteiger partial charge is 0.463 e. The van der Waals surface area contributed by atoms with Crippen LogP contribution in [-0.4, -0.2) is 28.8 Å². The van der Waals surface area contributed by atoms with Crippen molar-refractivity contribution in [2.24, 2.45) is 5.41 Å². The molecule has 0 bridgehead atoms. The van der Waals surface area contributed by atoms with Gasteiger partial charge in [0.15, 0.2) is 0 Å². The summed E-state index contributed by atoms with van der Waals surface area (Å²) in [5.41, 5.74) is -0.140. The van der Waals surface area contributed by atoms with Crippen LogP contribution in [-0.2, 0) is 9.63 Å². The Bertz CT molecular complexity index is 265. The zero-order valence-electron chi connectivity index (χ0n) is 9.48. The highest BCUT2D eigenvalue weighted by molar-refractivity contribution is 5.82. The minimum Gasteiger partial charge on any atom is -0.463 e. The van der Waals surface area contributed by atoms with Crippen molar-refractivity contribution < 1.29 is 19.5 Å². The summed E-state index contributed by atoms with van der Waals surface area (Å²) in [5, 5.41) is 9.15. The highest BCUT2D eigenvalue weighted by Crippen LogP contribution is 2.14. The summed E-state index contributed by atoms with van der Waals surface area (Å²) < 4.78 is 0. The molecule has 0 aromatic heterocycles. The van der Waals surface area contributed by atoms with Crippen molar-refractivity contribution in [1.29, 1.82) is 0 Å². The Morgan fingerprint density at radius 1 is 1.40 bits per heavy atom. The predicted octanol–water partition coefficient (Wildman–Crippen LogP) is 2.05. The minimum atomic E-state index is -1.28. The number of nitrogens with zero attached hydrogens (tertiary/aromatic N) is 1. The van der Waals surface area contributed by atoms with Crippen molar-refractivity contribution >= 4 is 12.1 Å². The summed E-state index contributed by atoms with van der Waals surface area (Å²) >= 11 is 0. The van der Waals surface area contributed by atoms with Gasteiger partial charge in [0.1, 0.15) is 0 Å². The van der Waals surface area contributed by atoms with Gasteiger partial charge in [-0.3, -0.25) is 0 Å². The van der Waals surface area contributed by atoms with E-state index in [4.69, 9.17) is 5.11 Å². The number of amides is 1. The van der Waals surface area contributed by atoms with Crippen LogP contribution in [0.15, 0.2) is 12.2 Å². The van der Waals surface area contributed by atoms with Gasteiger partial charge in [0, 0.05) is 6.08 Å². The van der Waals surface area contributed by atoms with Crippen LogP contribution >= 0.6 is 0 Å². The van der Waals surface area contributed by atoms with E-state index in [9.17, 15) is 9.59 Å². The minimum absolute atomic E-state index is 0.102. The van der Waals surface area contributed by atoms with Crippen LogP contribution in [0.3, 0.4) is 0 Å². The Kier molecular flexibility index (Phi) is 4.84. The van der Waals surface area contributed by atoms with E-state index >= 15 is 0 Å². The first kappa shape index (κ1) is 13.5. The summed E-state index contributed by atoms with van der Waals surface area (Å²) in [5.74, 6) is -0.686. The molecule has 0 radical (unpaired) electrons. The lowest BCUT2D eigenvalue weighted by molar-refractivity contribution is -0.173. The molecule has 0 aliphatic rings. The molecule has 0 rings (SSSR count). The van der Waals surface area contributed by atoms with E-state index in [0.717, 1.165) is 0 Å². The fourth-order valence-electron chi connectivity index (χ4n) is 0.696. The van der Waals surface area contributed by atoms with Crippen LogP contribution in [0.2, 0.25) is 0 Å². The summed E-state index contributed by atoms with van der Waals surface area (Å²) in [4.78, 5) is 26.2. The lowest BCUT2D eigenvalue weighted by Gasteiger charge is -2.15. The third-order valence-electron chi connectivity index (χ3n) is 1.42. The van der Waals surface area contributed by atoms with E-state index in [1.54, 1.807) is 13.0 Å². The molecule has 0 aromatic rings. The number of hydrogen-bond acceptors (Lipinski definition) is 3. The van der Waals surface area contributed by atoms with E-state index in [-0.39, 0.29) is 12.0 Å². The molecule has 1 amide bonds. The second-order valence-corrected chi connectivity index (χ2v) is 4.09. The molecule has 0 unspecified atom stereocenters. The molecule has 5 nitrogen and oxygen atoms in total. The third-order valence-corrected chi connectivity index (χ3v) is 1.42. The average molecular weight is 215 g/mol. The first-order chi connectivity index (χ1) is 6.76. The van der Waals surface area contributed by atoms with Gasteiger partial charge < -0.3 is 9.94 Å². The van der Waals surface area contributed by atoms with Gasteiger partial charge in [0.25, 0.3) is 0 Å². The molecule has 5 heteroatoms. The Labute approximate surface area is 89.3 Å².